The minimum absolute atomic E-state index is 0.00786. The summed E-state index contributed by atoms with van der Waals surface area (Å²) in [5, 5.41) is 0. The number of morpholine rings is 1. The maximum absolute atomic E-state index is 13.1. The summed E-state index contributed by atoms with van der Waals surface area (Å²) in [4.78, 5) is 34.2. The third kappa shape index (κ3) is 4.82. The number of rotatable bonds is 4. The first kappa shape index (κ1) is 24.3. The number of hydrogen-bond donors (Lipinski definition) is 1. The zero-order chi connectivity index (χ0) is 25.4. The first-order valence-corrected chi connectivity index (χ1v) is 13.3. The van der Waals surface area contributed by atoms with Gasteiger partial charge in [0.25, 0.3) is 18.2 Å². The lowest BCUT2D eigenvalue weighted by Crippen LogP contribution is -2.41. The van der Waals surface area contributed by atoms with Gasteiger partial charge < -0.3 is 19.2 Å². The SMILES string of the molecule is O=C(/N=c1\[nH]c2cc(N3CCOCC3=O)ccc2n1C1CCS(=O)(=O)CC1)c1cccc(C(F)F)c1. The minimum atomic E-state index is -3.13. The molecule has 3 heterocycles. The van der Waals surface area contributed by atoms with Gasteiger partial charge in [-0.1, -0.05) is 12.1 Å². The van der Waals surface area contributed by atoms with Crippen molar-refractivity contribution in [1.29, 1.82) is 0 Å². The van der Waals surface area contributed by atoms with Crippen molar-refractivity contribution in [3.8, 4) is 0 Å². The number of aromatic nitrogens is 2. The average Bonchev–Trinajstić information content (AvgIpc) is 3.21. The predicted octanol–water partition coefficient (Wildman–Crippen LogP) is 2.76. The van der Waals surface area contributed by atoms with Gasteiger partial charge in [0.1, 0.15) is 16.4 Å². The van der Waals surface area contributed by atoms with Crippen LogP contribution in [0.4, 0.5) is 14.5 Å². The fourth-order valence-corrected chi connectivity index (χ4v) is 6.11. The Balaban J connectivity index is 1.60. The summed E-state index contributed by atoms with van der Waals surface area (Å²) in [5.41, 5.74) is 1.87. The third-order valence-electron chi connectivity index (χ3n) is 6.49. The van der Waals surface area contributed by atoms with Crippen LogP contribution in [0.2, 0.25) is 0 Å². The lowest BCUT2D eigenvalue weighted by Gasteiger charge is -2.27. The number of fused-ring (bicyclic) bond motifs is 1. The van der Waals surface area contributed by atoms with Crippen molar-refractivity contribution in [3.05, 3.63) is 59.2 Å². The van der Waals surface area contributed by atoms with E-state index in [1.165, 1.54) is 18.2 Å². The first-order valence-electron chi connectivity index (χ1n) is 11.5. The number of sulfone groups is 1. The topological polar surface area (TPSA) is 114 Å². The van der Waals surface area contributed by atoms with E-state index in [9.17, 15) is 26.8 Å². The van der Waals surface area contributed by atoms with Crippen molar-refractivity contribution in [3.63, 3.8) is 0 Å². The van der Waals surface area contributed by atoms with E-state index in [1.54, 1.807) is 27.7 Å². The van der Waals surface area contributed by atoms with Crippen LogP contribution < -0.4 is 10.5 Å². The Bertz CT molecular complexity index is 1500. The molecule has 2 fully saturated rings. The van der Waals surface area contributed by atoms with Gasteiger partial charge in [-0.2, -0.15) is 4.99 Å². The van der Waals surface area contributed by atoms with Gasteiger partial charge in [0.2, 0.25) is 5.62 Å². The summed E-state index contributed by atoms with van der Waals surface area (Å²) in [5.74, 6) is -0.843. The Labute approximate surface area is 205 Å². The number of nitrogens with zero attached hydrogens (tertiary/aromatic N) is 3. The van der Waals surface area contributed by atoms with E-state index in [0.717, 1.165) is 6.07 Å². The molecule has 12 heteroatoms. The molecule has 3 aromatic rings. The number of H-pyrrole nitrogens is 1. The molecule has 0 spiro atoms. The highest BCUT2D eigenvalue weighted by Gasteiger charge is 2.28. The fraction of sp³-hybridized carbons (Fsp3) is 0.375. The molecule has 0 bridgehead atoms. The van der Waals surface area contributed by atoms with E-state index < -0.39 is 22.2 Å². The van der Waals surface area contributed by atoms with Gasteiger partial charge in [-0.25, -0.2) is 17.2 Å². The highest BCUT2D eigenvalue weighted by atomic mass is 32.2. The van der Waals surface area contributed by atoms with Crippen LogP contribution in [0.15, 0.2) is 47.5 Å². The Hall–Kier alpha value is -3.38. The number of anilines is 1. The van der Waals surface area contributed by atoms with Gasteiger partial charge in [0, 0.05) is 29.4 Å². The Morgan fingerprint density at radius 2 is 1.92 bits per heavy atom. The maximum Gasteiger partial charge on any atom is 0.280 e. The number of carbonyl (C=O) groups excluding carboxylic acids is 2. The van der Waals surface area contributed by atoms with Crippen molar-refractivity contribution in [2.75, 3.05) is 36.2 Å². The number of aromatic amines is 1. The molecule has 2 aromatic carbocycles. The molecule has 2 aliphatic rings. The first-order chi connectivity index (χ1) is 17.2. The van der Waals surface area contributed by atoms with Crippen molar-refractivity contribution < 1.29 is 31.5 Å². The van der Waals surface area contributed by atoms with Crippen molar-refractivity contribution >= 4 is 38.4 Å². The standard InChI is InChI=1S/C24H24F2N4O5S/c25-22(26)15-2-1-3-16(12-15)23(32)28-24-27-19-13-18(29-8-9-35-14-21(29)31)4-5-20(19)30(24)17-6-10-36(33,34)11-7-17/h1-5,12-13,17,22H,6-11,14H2,(H,27,28,32). The number of carbonyl (C=O) groups is 2. The van der Waals surface area contributed by atoms with Crippen molar-refractivity contribution in [1.82, 2.24) is 9.55 Å². The molecule has 0 unspecified atom stereocenters. The number of halogens is 2. The quantitative estimate of drug-likeness (QED) is 0.571. The van der Waals surface area contributed by atoms with Gasteiger partial charge in [-0.3, -0.25) is 9.59 Å². The monoisotopic (exact) mass is 518 g/mol. The zero-order valence-electron chi connectivity index (χ0n) is 19.2. The number of amides is 2. The molecule has 0 atom stereocenters. The van der Waals surface area contributed by atoms with Crippen LogP contribution in [0, 0.1) is 0 Å². The summed E-state index contributed by atoms with van der Waals surface area (Å²) in [7, 11) is -3.13. The van der Waals surface area contributed by atoms with Crippen LogP contribution in [0.1, 0.15) is 41.2 Å². The third-order valence-corrected chi connectivity index (χ3v) is 8.21. The molecule has 36 heavy (non-hydrogen) atoms. The molecular weight excluding hydrogens is 494 g/mol. The van der Waals surface area contributed by atoms with Gasteiger partial charge in [0.15, 0.2) is 0 Å². The van der Waals surface area contributed by atoms with E-state index in [0.29, 0.717) is 42.7 Å². The Morgan fingerprint density at radius 1 is 1.14 bits per heavy atom. The van der Waals surface area contributed by atoms with Crippen LogP contribution in [-0.4, -0.2) is 61.0 Å². The maximum atomic E-state index is 13.1. The summed E-state index contributed by atoms with van der Waals surface area (Å²) in [6, 6.07) is 10.3. The molecule has 0 aliphatic carbocycles. The molecule has 1 aromatic heterocycles. The minimum Gasteiger partial charge on any atom is -0.370 e. The smallest absolute Gasteiger partial charge is 0.280 e. The number of alkyl halides is 2. The second kappa shape index (κ2) is 9.58. The van der Waals surface area contributed by atoms with E-state index in [2.05, 4.69) is 9.98 Å². The summed E-state index contributed by atoms with van der Waals surface area (Å²) in [6.07, 6.45) is -2.02. The zero-order valence-corrected chi connectivity index (χ0v) is 20.0. The largest absolute Gasteiger partial charge is 0.370 e. The number of benzene rings is 2. The van der Waals surface area contributed by atoms with Crippen LogP contribution in [0.5, 0.6) is 0 Å². The van der Waals surface area contributed by atoms with Crippen molar-refractivity contribution in [2.45, 2.75) is 25.3 Å². The average molecular weight is 519 g/mol. The fourth-order valence-electron chi connectivity index (χ4n) is 4.64. The lowest BCUT2D eigenvalue weighted by molar-refractivity contribution is -0.125. The molecule has 0 saturated carbocycles. The van der Waals surface area contributed by atoms with Crippen LogP contribution in [-0.2, 0) is 19.4 Å². The van der Waals surface area contributed by atoms with Gasteiger partial charge >= 0.3 is 0 Å². The molecular formula is C24H24F2N4O5S. The summed E-state index contributed by atoms with van der Waals surface area (Å²) >= 11 is 0. The summed E-state index contributed by atoms with van der Waals surface area (Å²) in [6.45, 7) is 0.811. The Morgan fingerprint density at radius 3 is 2.64 bits per heavy atom. The van der Waals surface area contributed by atoms with Crippen LogP contribution in [0.3, 0.4) is 0 Å². The second-order valence-corrected chi connectivity index (χ2v) is 11.1. The molecule has 5 rings (SSSR count). The second-order valence-electron chi connectivity index (χ2n) is 8.84. The van der Waals surface area contributed by atoms with Crippen molar-refractivity contribution in [2.24, 2.45) is 4.99 Å². The van der Waals surface area contributed by atoms with Gasteiger partial charge in [-0.05, 0) is 43.2 Å². The highest BCUT2D eigenvalue weighted by molar-refractivity contribution is 7.91. The lowest BCUT2D eigenvalue weighted by atomic mass is 10.1. The van der Waals surface area contributed by atoms with Crippen LogP contribution in [0.25, 0.3) is 11.0 Å². The molecule has 2 amide bonds. The Kier molecular flexibility index (Phi) is 6.47. The molecule has 2 aliphatic heterocycles. The summed E-state index contributed by atoms with van der Waals surface area (Å²) < 4.78 is 57.3. The van der Waals surface area contributed by atoms with Gasteiger partial charge in [0.05, 0.1) is 29.1 Å². The molecule has 1 N–H and O–H groups in total. The number of hydrogen-bond acceptors (Lipinski definition) is 5. The molecule has 190 valence electrons. The molecule has 9 nitrogen and oxygen atoms in total. The number of ether oxygens (including phenoxy) is 1. The van der Waals surface area contributed by atoms with E-state index >= 15 is 0 Å². The predicted molar refractivity (Wildman–Crippen MR) is 128 cm³/mol. The normalized spacial score (nSPS) is 19.4. The van der Waals surface area contributed by atoms with E-state index in [1.807, 2.05) is 0 Å². The molecule has 2 saturated heterocycles. The van der Waals surface area contributed by atoms with Gasteiger partial charge in [-0.15, -0.1) is 0 Å². The number of nitrogens with one attached hydrogen (secondary N) is 1. The van der Waals surface area contributed by atoms with E-state index in [-0.39, 0.29) is 46.8 Å². The highest BCUT2D eigenvalue weighted by Crippen LogP contribution is 2.28. The molecule has 0 radical (unpaired) electrons. The van der Waals surface area contributed by atoms with E-state index in [4.69, 9.17) is 4.74 Å². The van der Waals surface area contributed by atoms with Crippen LogP contribution >= 0.6 is 0 Å². The number of imidazole rings is 1.